The molecule has 0 spiro atoms. The van der Waals surface area contributed by atoms with Crippen molar-refractivity contribution in [1.82, 2.24) is 9.88 Å². The lowest BCUT2D eigenvalue weighted by Gasteiger charge is -2.22. The third-order valence-corrected chi connectivity index (χ3v) is 5.99. The lowest BCUT2D eigenvalue weighted by Crippen LogP contribution is -2.36. The monoisotopic (exact) mass is 425 g/mol. The number of unbranched alkanes of at least 4 members (excludes halogenated alkanes) is 1. The third-order valence-electron chi connectivity index (χ3n) is 4.94. The maximum atomic E-state index is 13.5. The number of hydrogen-bond donors (Lipinski definition) is 0. The topological polar surface area (TPSA) is 45.7 Å². The van der Waals surface area contributed by atoms with Gasteiger partial charge in [0.15, 0.2) is 5.13 Å². The van der Waals surface area contributed by atoms with E-state index < -0.39 is 0 Å². The van der Waals surface area contributed by atoms with Crippen LogP contribution in [0.2, 0.25) is 0 Å². The van der Waals surface area contributed by atoms with Gasteiger partial charge in [-0.05, 0) is 62.8 Å². The molecule has 160 valence electrons. The van der Waals surface area contributed by atoms with Crippen LogP contribution >= 0.6 is 11.3 Å². The van der Waals surface area contributed by atoms with Gasteiger partial charge in [-0.25, -0.2) is 4.98 Å². The fraction of sp³-hybridized carbons (Fsp3) is 0.417. The number of carbonyl (C=O) groups excluding carboxylic acids is 1. The van der Waals surface area contributed by atoms with Crippen LogP contribution in [0.1, 0.15) is 42.6 Å². The number of amides is 1. The van der Waals surface area contributed by atoms with Crippen LogP contribution in [0.3, 0.4) is 0 Å². The van der Waals surface area contributed by atoms with Gasteiger partial charge >= 0.3 is 0 Å². The molecule has 0 saturated heterocycles. The molecule has 30 heavy (non-hydrogen) atoms. The molecule has 0 saturated carbocycles. The maximum Gasteiger partial charge on any atom is 0.260 e. The molecule has 0 bridgehead atoms. The van der Waals surface area contributed by atoms with Gasteiger partial charge < -0.3 is 9.64 Å². The summed E-state index contributed by atoms with van der Waals surface area (Å²) in [6.07, 6.45) is 3.06. The Balaban J connectivity index is 1.89. The van der Waals surface area contributed by atoms with E-state index in [1.54, 1.807) is 16.2 Å². The molecule has 6 heteroatoms. The Morgan fingerprint density at radius 1 is 1.10 bits per heavy atom. The van der Waals surface area contributed by atoms with E-state index in [0.29, 0.717) is 18.7 Å². The summed E-state index contributed by atoms with van der Waals surface area (Å²) in [5.41, 5.74) is 2.84. The van der Waals surface area contributed by atoms with Crippen LogP contribution < -0.4 is 9.64 Å². The van der Waals surface area contributed by atoms with Gasteiger partial charge in [0.1, 0.15) is 5.75 Å². The first-order valence-corrected chi connectivity index (χ1v) is 11.4. The van der Waals surface area contributed by atoms with E-state index in [2.05, 4.69) is 30.9 Å². The Morgan fingerprint density at radius 3 is 2.67 bits per heavy atom. The number of thiazole rings is 1. The highest BCUT2D eigenvalue weighted by molar-refractivity contribution is 7.22. The van der Waals surface area contributed by atoms with Gasteiger partial charge in [-0.1, -0.05) is 43.7 Å². The smallest absolute Gasteiger partial charge is 0.260 e. The van der Waals surface area contributed by atoms with Gasteiger partial charge in [0.25, 0.3) is 5.91 Å². The van der Waals surface area contributed by atoms with E-state index in [4.69, 9.17) is 9.72 Å². The Labute approximate surface area is 183 Å². The van der Waals surface area contributed by atoms with Crippen molar-refractivity contribution in [1.29, 1.82) is 0 Å². The van der Waals surface area contributed by atoms with Gasteiger partial charge in [-0.15, -0.1) is 0 Å². The lowest BCUT2D eigenvalue weighted by molar-refractivity contribution is 0.0984. The third kappa shape index (κ3) is 5.58. The van der Waals surface area contributed by atoms with Gasteiger partial charge in [0.05, 0.1) is 16.8 Å². The minimum Gasteiger partial charge on any atom is -0.494 e. The average molecular weight is 426 g/mol. The Hall–Kier alpha value is -2.44. The van der Waals surface area contributed by atoms with E-state index in [1.807, 2.05) is 44.4 Å². The van der Waals surface area contributed by atoms with Crippen molar-refractivity contribution < 1.29 is 9.53 Å². The number of benzene rings is 2. The van der Waals surface area contributed by atoms with Crippen molar-refractivity contribution in [2.24, 2.45) is 0 Å². The van der Waals surface area contributed by atoms with Crippen molar-refractivity contribution in [3.05, 3.63) is 53.6 Å². The molecule has 0 aliphatic carbocycles. The number of hydrogen-bond acceptors (Lipinski definition) is 5. The zero-order valence-corrected chi connectivity index (χ0v) is 19.2. The zero-order valence-electron chi connectivity index (χ0n) is 18.4. The van der Waals surface area contributed by atoms with Crippen molar-refractivity contribution in [3.63, 3.8) is 0 Å². The largest absolute Gasteiger partial charge is 0.494 e. The van der Waals surface area contributed by atoms with E-state index in [-0.39, 0.29) is 5.91 Å². The second-order valence-corrected chi connectivity index (χ2v) is 8.65. The highest BCUT2D eigenvalue weighted by Gasteiger charge is 2.22. The van der Waals surface area contributed by atoms with Gasteiger partial charge in [0.2, 0.25) is 0 Å². The fourth-order valence-electron chi connectivity index (χ4n) is 3.09. The van der Waals surface area contributed by atoms with Crippen molar-refractivity contribution in [2.45, 2.75) is 33.1 Å². The second-order valence-electron chi connectivity index (χ2n) is 7.64. The van der Waals surface area contributed by atoms with E-state index in [1.165, 1.54) is 5.56 Å². The molecule has 0 unspecified atom stereocenters. The number of nitrogens with zero attached hydrogens (tertiary/aromatic N) is 3. The SMILES string of the molecule is CCCCOc1cccc(C(=O)N(CCN(C)C)c2nc3ccc(CC)cc3s2)c1. The number of likely N-dealkylation sites (N-methyl/N-ethyl adjacent to an activating group) is 1. The first-order valence-electron chi connectivity index (χ1n) is 10.6. The molecular formula is C24H31N3O2S. The minimum absolute atomic E-state index is 0.0486. The first kappa shape index (κ1) is 22.2. The summed E-state index contributed by atoms with van der Waals surface area (Å²) in [6, 6.07) is 13.8. The molecule has 0 aliphatic rings. The summed E-state index contributed by atoms with van der Waals surface area (Å²) < 4.78 is 6.92. The zero-order chi connectivity index (χ0) is 21.5. The normalized spacial score (nSPS) is 11.2. The van der Waals surface area contributed by atoms with E-state index in [9.17, 15) is 4.79 Å². The fourth-order valence-corrected chi connectivity index (χ4v) is 4.14. The molecule has 0 radical (unpaired) electrons. The van der Waals surface area contributed by atoms with Crippen LogP contribution in [0.4, 0.5) is 5.13 Å². The molecule has 1 heterocycles. The Morgan fingerprint density at radius 2 is 1.93 bits per heavy atom. The number of ether oxygens (including phenoxy) is 1. The molecule has 1 aromatic heterocycles. The quantitative estimate of drug-likeness (QED) is 0.417. The van der Waals surface area contributed by atoms with Crippen LogP contribution in [-0.2, 0) is 6.42 Å². The number of anilines is 1. The molecule has 0 fully saturated rings. The number of aromatic nitrogens is 1. The molecule has 2 aromatic carbocycles. The molecule has 3 rings (SSSR count). The maximum absolute atomic E-state index is 13.5. The van der Waals surface area contributed by atoms with Gasteiger partial charge in [-0.3, -0.25) is 9.69 Å². The predicted octanol–water partition coefficient (Wildman–Crippen LogP) is 5.25. The van der Waals surface area contributed by atoms with Crippen LogP contribution in [0.25, 0.3) is 10.2 Å². The number of fused-ring (bicyclic) bond motifs is 1. The summed E-state index contributed by atoms with van der Waals surface area (Å²) >= 11 is 1.57. The summed E-state index contributed by atoms with van der Waals surface area (Å²) in [5, 5.41) is 0.738. The number of carbonyl (C=O) groups is 1. The molecule has 5 nitrogen and oxygen atoms in total. The minimum atomic E-state index is -0.0486. The standard InChI is InChI=1S/C24H31N3O2S/c1-5-7-15-29-20-10-8-9-19(17-20)23(28)27(14-13-26(3)4)24-25-21-12-11-18(6-2)16-22(21)30-24/h8-12,16-17H,5-7,13-15H2,1-4H3. The Kier molecular flexibility index (Phi) is 7.82. The molecule has 0 N–H and O–H groups in total. The molecular weight excluding hydrogens is 394 g/mol. The summed E-state index contributed by atoms with van der Waals surface area (Å²) in [5.74, 6) is 0.686. The van der Waals surface area contributed by atoms with Crippen LogP contribution in [-0.4, -0.2) is 49.6 Å². The van der Waals surface area contributed by atoms with Crippen molar-refractivity contribution in [3.8, 4) is 5.75 Å². The van der Waals surface area contributed by atoms with E-state index in [0.717, 1.165) is 46.9 Å². The van der Waals surface area contributed by atoms with Crippen LogP contribution in [0, 0.1) is 0 Å². The summed E-state index contributed by atoms with van der Waals surface area (Å²) in [6.45, 7) is 6.27. The summed E-state index contributed by atoms with van der Waals surface area (Å²) in [4.78, 5) is 22.1. The number of aryl methyl sites for hydroxylation is 1. The van der Waals surface area contributed by atoms with Crippen LogP contribution in [0.5, 0.6) is 5.75 Å². The molecule has 0 atom stereocenters. The van der Waals surface area contributed by atoms with Crippen LogP contribution in [0.15, 0.2) is 42.5 Å². The highest BCUT2D eigenvalue weighted by atomic mass is 32.1. The van der Waals surface area contributed by atoms with E-state index >= 15 is 0 Å². The lowest BCUT2D eigenvalue weighted by atomic mass is 10.2. The summed E-state index contributed by atoms with van der Waals surface area (Å²) in [7, 11) is 4.02. The molecule has 1 amide bonds. The highest BCUT2D eigenvalue weighted by Crippen LogP contribution is 2.31. The van der Waals surface area contributed by atoms with Crippen molar-refractivity contribution >= 4 is 32.6 Å². The Bertz CT molecular complexity index is 983. The van der Waals surface area contributed by atoms with Gasteiger partial charge in [-0.2, -0.15) is 0 Å². The number of rotatable bonds is 10. The van der Waals surface area contributed by atoms with Crippen molar-refractivity contribution in [2.75, 3.05) is 38.7 Å². The van der Waals surface area contributed by atoms with Gasteiger partial charge in [0, 0.05) is 18.7 Å². The second kappa shape index (κ2) is 10.5. The molecule has 0 aliphatic heterocycles. The average Bonchev–Trinajstić information content (AvgIpc) is 3.16. The molecule has 3 aromatic rings. The predicted molar refractivity (Wildman–Crippen MR) is 126 cm³/mol. The first-order chi connectivity index (χ1) is 14.5.